The van der Waals surface area contributed by atoms with Crippen LogP contribution in [0.1, 0.15) is 34.2 Å². The number of hydrogen-bond acceptors (Lipinski definition) is 2. The summed E-state index contributed by atoms with van der Waals surface area (Å²) in [5.41, 5.74) is 8.02. The maximum absolute atomic E-state index is 12.1. The Kier molecular flexibility index (Phi) is 5.43. The van der Waals surface area contributed by atoms with Gasteiger partial charge in [-0.2, -0.15) is 0 Å². The summed E-state index contributed by atoms with van der Waals surface area (Å²) in [5, 5.41) is 6.36. The summed E-state index contributed by atoms with van der Waals surface area (Å²) in [6.45, 7) is 11.0. The van der Waals surface area contributed by atoms with Gasteiger partial charge in [0.25, 0.3) is 0 Å². The molecule has 0 aliphatic heterocycles. The molecule has 0 aliphatic rings. The van der Waals surface area contributed by atoms with E-state index in [1.54, 1.807) is 0 Å². The van der Waals surface area contributed by atoms with Crippen LogP contribution >= 0.6 is 0 Å². The van der Waals surface area contributed by atoms with Crippen molar-refractivity contribution in [3.63, 3.8) is 0 Å². The quantitative estimate of drug-likeness (QED) is 0.842. The summed E-state index contributed by atoms with van der Waals surface area (Å²) in [5.74, 6) is 0.0323. The van der Waals surface area contributed by atoms with Crippen LogP contribution in [0.4, 0.5) is 11.4 Å². The highest BCUT2D eigenvalue weighted by Crippen LogP contribution is 2.21. The maximum Gasteiger partial charge on any atom is 0.226 e. The highest BCUT2D eigenvalue weighted by atomic mass is 16.1. The van der Waals surface area contributed by atoms with Gasteiger partial charge in [0.05, 0.1) is 0 Å². The first-order chi connectivity index (χ1) is 10.8. The SMILES string of the molecule is Cc1cc(C)cc(NC(=O)CCNc2c(C)cc(C)cc2C)c1. The van der Waals surface area contributed by atoms with E-state index in [-0.39, 0.29) is 5.91 Å². The number of hydrogen-bond donors (Lipinski definition) is 2. The third-order valence-corrected chi connectivity index (χ3v) is 3.84. The van der Waals surface area contributed by atoms with Crippen LogP contribution in [0.5, 0.6) is 0 Å². The van der Waals surface area contributed by atoms with E-state index in [9.17, 15) is 4.79 Å². The number of amides is 1. The molecule has 0 radical (unpaired) electrons. The Balaban J connectivity index is 1.90. The number of benzene rings is 2. The molecule has 0 atom stereocenters. The van der Waals surface area contributed by atoms with Crippen molar-refractivity contribution in [2.45, 2.75) is 41.0 Å². The topological polar surface area (TPSA) is 41.1 Å². The zero-order valence-electron chi connectivity index (χ0n) is 14.7. The molecule has 0 heterocycles. The van der Waals surface area contributed by atoms with E-state index in [0.717, 1.165) is 22.5 Å². The summed E-state index contributed by atoms with van der Waals surface area (Å²) in [6, 6.07) is 10.4. The second-order valence-electron chi connectivity index (χ2n) is 6.38. The van der Waals surface area contributed by atoms with Crippen LogP contribution in [0.3, 0.4) is 0 Å². The van der Waals surface area contributed by atoms with Gasteiger partial charge in [0, 0.05) is 24.3 Å². The zero-order valence-corrected chi connectivity index (χ0v) is 14.7. The van der Waals surface area contributed by atoms with E-state index in [2.05, 4.69) is 49.6 Å². The lowest BCUT2D eigenvalue weighted by Crippen LogP contribution is -2.17. The lowest BCUT2D eigenvalue weighted by atomic mass is 10.1. The molecule has 122 valence electrons. The van der Waals surface area contributed by atoms with Crippen molar-refractivity contribution in [1.82, 2.24) is 0 Å². The molecule has 3 heteroatoms. The summed E-state index contributed by atoms with van der Waals surface area (Å²) >= 11 is 0. The lowest BCUT2D eigenvalue weighted by Gasteiger charge is -2.14. The molecule has 2 aromatic rings. The first-order valence-corrected chi connectivity index (χ1v) is 8.05. The van der Waals surface area contributed by atoms with Crippen molar-refractivity contribution in [2.75, 3.05) is 17.2 Å². The molecule has 0 saturated heterocycles. The van der Waals surface area contributed by atoms with Crippen LogP contribution < -0.4 is 10.6 Å². The van der Waals surface area contributed by atoms with E-state index < -0.39 is 0 Å². The van der Waals surface area contributed by atoms with Crippen molar-refractivity contribution in [3.05, 3.63) is 58.1 Å². The normalized spacial score (nSPS) is 10.5. The molecular formula is C20H26N2O. The van der Waals surface area contributed by atoms with Gasteiger partial charge in [0.15, 0.2) is 0 Å². The van der Waals surface area contributed by atoms with Crippen LogP contribution in [0.25, 0.3) is 0 Å². The largest absolute Gasteiger partial charge is 0.384 e. The minimum Gasteiger partial charge on any atom is -0.384 e. The van der Waals surface area contributed by atoms with Gasteiger partial charge in [-0.3, -0.25) is 4.79 Å². The van der Waals surface area contributed by atoms with Crippen molar-refractivity contribution in [3.8, 4) is 0 Å². The third-order valence-electron chi connectivity index (χ3n) is 3.84. The fourth-order valence-electron chi connectivity index (χ4n) is 3.03. The number of aryl methyl sites for hydroxylation is 5. The minimum absolute atomic E-state index is 0.0323. The Morgan fingerprint density at radius 2 is 1.35 bits per heavy atom. The summed E-state index contributed by atoms with van der Waals surface area (Å²) < 4.78 is 0. The minimum atomic E-state index is 0.0323. The molecule has 0 bridgehead atoms. The third kappa shape index (κ3) is 4.85. The summed E-state index contributed by atoms with van der Waals surface area (Å²) in [6.07, 6.45) is 0.444. The summed E-state index contributed by atoms with van der Waals surface area (Å²) in [4.78, 5) is 12.1. The first-order valence-electron chi connectivity index (χ1n) is 8.05. The molecule has 2 N–H and O–H groups in total. The maximum atomic E-state index is 12.1. The standard InChI is InChI=1S/C20H26N2O/c1-13-8-14(2)12-18(11-13)22-19(23)6-7-21-20-16(4)9-15(3)10-17(20)5/h8-12,21H,6-7H2,1-5H3,(H,22,23). The average Bonchev–Trinajstić information content (AvgIpc) is 2.40. The van der Waals surface area contributed by atoms with Crippen LogP contribution in [-0.2, 0) is 4.79 Å². The van der Waals surface area contributed by atoms with Gasteiger partial charge >= 0.3 is 0 Å². The van der Waals surface area contributed by atoms with Crippen molar-refractivity contribution in [2.24, 2.45) is 0 Å². The van der Waals surface area contributed by atoms with E-state index in [1.807, 2.05) is 26.0 Å². The van der Waals surface area contributed by atoms with Crippen LogP contribution in [-0.4, -0.2) is 12.5 Å². The Morgan fingerprint density at radius 3 is 1.91 bits per heavy atom. The molecule has 3 nitrogen and oxygen atoms in total. The molecule has 0 fully saturated rings. The zero-order chi connectivity index (χ0) is 17.0. The van der Waals surface area contributed by atoms with E-state index in [4.69, 9.17) is 0 Å². The Bertz CT molecular complexity index is 676. The van der Waals surface area contributed by atoms with Gasteiger partial charge in [0.1, 0.15) is 0 Å². The molecule has 2 rings (SSSR count). The fourth-order valence-corrected chi connectivity index (χ4v) is 3.03. The molecule has 2 aromatic carbocycles. The number of carbonyl (C=O) groups excluding carboxylic acids is 1. The van der Waals surface area contributed by atoms with E-state index in [0.29, 0.717) is 13.0 Å². The Hall–Kier alpha value is -2.29. The molecule has 0 spiro atoms. The van der Waals surface area contributed by atoms with Gasteiger partial charge < -0.3 is 10.6 Å². The van der Waals surface area contributed by atoms with Crippen LogP contribution in [0.15, 0.2) is 30.3 Å². The Labute approximate surface area is 139 Å². The van der Waals surface area contributed by atoms with Crippen molar-refractivity contribution in [1.29, 1.82) is 0 Å². The number of anilines is 2. The lowest BCUT2D eigenvalue weighted by molar-refractivity contribution is -0.115. The molecule has 0 saturated carbocycles. The molecule has 1 amide bonds. The van der Waals surface area contributed by atoms with Gasteiger partial charge in [-0.1, -0.05) is 23.8 Å². The second kappa shape index (κ2) is 7.32. The fraction of sp³-hybridized carbons (Fsp3) is 0.350. The number of rotatable bonds is 5. The molecule has 0 unspecified atom stereocenters. The predicted molar refractivity (Wildman–Crippen MR) is 98.3 cm³/mol. The molecular weight excluding hydrogens is 284 g/mol. The molecule has 23 heavy (non-hydrogen) atoms. The van der Waals surface area contributed by atoms with E-state index >= 15 is 0 Å². The monoisotopic (exact) mass is 310 g/mol. The van der Waals surface area contributed by atoms with Crippen LogP contribution in [0, 0.1) is 34.6 Å². The van der Waals surface area contributed by atoms with Gasteiger partial charge in [-0.25, -0.2) is 0 Å². The highest BCUT2D eigenvalue weighted by molar-refractivity contribution is 5.91. The first kappa shape index (κ1) is 17.1. The summed E-state index contributed by atoms with van der Waals surface area (Å²) in [7, 11) is 0. The van der Waals surface area contributed by atoms with Gasteiger partial charge in [-0.05, 0) is 69.0 Å². The Morgan fingerprint density at radius 1 is 0.826 bits per heavy atom. The molecule has 0 aliphatic carbocycles. The predicted octanol–water partition coefficient (Wildman–Crippen LogP) is 4.67. The highest BCUT2D eigenvalue weighted by Gasteiger charge is 2.06. The van der Waals surface area contributed by atoms with Crippen LogP contribution in [0.2, 0.25) is 0 Å². The van der Waals surface area contributed by atoms with Gasteiger partial charge in [0.2, 0.25) is 5.91 Å². The van der Waals surface area contributed by atoms with Crippen molar-refractivity contribution >= 4 is 17.3 Å². The molecule has 0 aromatic heterocycles. The van der Waals surface area contributed by atoms with Crippen molar-refractivity contribution < 1.29 is 4.79 Å². The number of carbonyl (C=O) groups is 1. The second-order valence-corrected chi connectivity index (χ2v) is 6.38. The van der Waals surface area contributed by atoms with E-state index in [1.165, 1.54) is 16.7 Å². The van der Waals surface area contributed by atoms with Gasteiger partial charge in [-0.15, -0.1) is 0 Å². The number of nitrogens with one attached hydrogen (secondary N) is 2. The smallest absolute Gasteiger partial charge is 0.226 e. The average molecular weight is 310 g/mol.